The number of carbonyl (C=O) groups is 3. The zero-order chi connectivity index (χ0) is 20.2. The fourth-order valence-electron chi connectivity index (χ4n) is 3.10. The van der Waals surface area contributed by atoms with Crippen molar-refractivity contribution in [1.82, 2.24) is 9.97 Å². The smallest absolute Gasteiger partial charge is 0.255 e. The molecule has 2 aromatic heterocycles. The number of Topliss-reactive ketones (excluding diaryl/α,β-unsaturated/α-hetero) is 1. The third kappa shape index (κ3) is 4.19. The van der Waals surface area contributed by atoms with Gasteiger partial charge < -0.3 is 10.6 Å². The van der Waals surface area contributed by atoms with E-state index in [0.717, 1.165) is 11.1 Å². The molecule has 2 heterocycles. The highest BCUT2D eigenvalue weighted by Gasteiger charge is 2.32. The first-order valence-corrected chi connectivity index (χ1v) is 9.19. The molecule has 7 nitrogen and oxygen atoms in total. The first kappa shape index (κ1) is 18.5. The number of anilines is 2. The second-order valence-electron chi connectivity index (χ2n) is 6.80. The molecule has 0 spiro atoms. The highest BCUT2D eigenvalue weighted by molar-refractivity contribution is 6.07. The number of hydrogen-bond donors (Lipinski definition) is 2. The lowest BCUT2D eigenvalue weighted by Gasteiger charge is -2.22. The van der Waals surface area contributed by atoms with Crippen LogP contribution in [0.3, 0.4) is 0 Å². The van der Waals surface area contributed by atoms with Crippen LogP contribution in [0.4, 0.5) is 11.5 Å². The molecule has 0 radical (unpaired) electrons. The van der Waals surface area contributed by atoms with Crippen LogP contribution in [0.2, 0.25) is 0 Å². The summed E-state index contributed by atoms with van der Waals surface area (Å²) in [6, 6.07) is 14.6. The maximum atomic E-state index is 12.8. The van der Waals surface area contributed by atoms with Crippen LogP contribution in [0, 0.1) is 5.92 Å². The van der Waals surface area contributed by atoms with Crippen molar-refractivity contribution in [3.63, 3.8) is 0 Å². The summed E-state index contributed by atoms with van der Waals surface area (Å²) in [6.45, 7) is 0. The largest absolute Gasteiger partial charge is 0.320 e. The van der Waals surface area contributed by atoms with Crippen LogP contribution >= 0.6 is 0 Å². The summed E-state index contributed by atoms with van der Waals surface area (Å²) in [4.78, 5) is 44.1. The van der Waals surface area contributed by atoms with Crippen molar-refractivity contribution < 1.29 is 14.4 Å². The Morgan fingerprint density at radius 1 is 0.966 bits per heavy atom. The fourth-order valence-corrected chi connectivity index (χ4v) is 3.10. The van der Waals surface area contributed by atoms with Crippen LogP contribution < -0.4 is 10.6 Å². The summed E-state index contributed by atoms with van der Waals surface area (Å²) >= 11 is 0. The minimum Gasteiger partial charge on any atom is -0.320 e. The molecule has 1 aliphatic carbocycles. The molecule has 2 N–H and O–H groups in total. The molecule has 3 aromatic rings. The van der Waals surface area contributed by atoms with E-state index in [1.807, 2.05) is 36.4 Å². The van der Waals surface area contributed by atoms with Gasteiger partial charge in [-0.25, -0.2) is 4.98 Å². The number of benzene rings is 1. The lowest BCUT2D eigenvalue weighted by molar-refractivity contribution is -0.135. The number of rotatable bonds is 5. The highest BCUT2D eigenvalue weighted by Crippen LogP contribution is 2.27. The Kier molecular flexibility index (Phi) is 5.11. The average molecular weight is 386 g/mol. The van der Waals surface area contributed by atoms with E-state index in [4.69, 9.17) is 0 Å². The van der Waals surface area contributed by atoms with Gasteiger partial charge >= 0.3 is 0 Å². The zero-order valence-electron chi connectivity index (χ0n) is 15.5. The molecule has 1 fully saturated rings. The van der Waals surface area contributed by atoms with Crippen molar-refractivity contribution in [1.29, 1.82) is 0 Å². The number of aromatic nitrogens is 2. The molecule has 0 unspecified atom stereocenters. The van der Waals surface area contributed by atoms with Crippen LogP contribution in [-0.2, 0) is 9.59 Å². The molecule has 4 rings (SSSR count). The maximum absolute atomic E-state index is 12.8. The van der Waals surface area contributed by atoms with Crippen molar-refractivity contribution >= 4 is 29.1 Å². The van der Waals surface area contributed by atoms with E-state index in [1.54, 1.807) is 18.5 Å². The molecule has 0 atom stereocenters. The number of nitrogens with zero attached hydrogens (tertiary/aromatic N) is 2. The highest BCUT2D eigenvalue weighted by atomic mass is 16.2. The number of carbonyl (C=O) groups excluding carboxylic acids is 3. The van der Waals surface area contributed by atoms with Gasteiger partial charge in [-0.1, -0.05) is 30.3 Å². The van der Waals surface area contributed by atoms with Gasteiger partial charge in [0.1, 0.15) is 11.6 Å². The summed E-state index contributed by atoms with van der Waals surface area (Å²) in [5, 5.41) is 5.54. The predicted molar refractivity (Wildman–Crippen MR) is 108 cm³/mol. The van der Waals surface area contributed by atoms with Crippen molar-refractivity contribution in [2.45, 2.75) is 12.8 Å². The third-order valence-electron chi connectivity index (χ3n) is 4.75. The Morgan fingerprint density at radius 3 is 2.52 bits per heavy atom. The third-order valence-corrected chi connectivity index (χ3v) is 4.75. The number of pyridine rings is 2. The van der Waals surface area contributed by atoms with Gasteiger partial charge in [-0.2, -0.15) is 0 Å². The molecular formula is C22H18N4O3. The lowest BCUT2D eigenvalue weighted by Crippen LogP contribution is -2.34. The fraction of sp³-hybridized carbons (Fsp3) is 0.136. The Morgan fingerprint density at radius 2 is 1.76 bits per heavy atom. The SMILES string of the molecule is O=C1CC(C(=O)Nc2cc(C(=O)Nc3cnccc3-c3ccccc3)ccn2)C1. The van der Waals surface area contributed by atoms with Crippen molar-refractivity contribution in [3.8, 4) is 11.1 Å². The minimum atomic E-state index is -0.341. The Labute approximate surface area is 167 Å². The minimum absolute atomic E-state index is 0.0805. The second kappa shape index (κ2) is 8.02. The molecule has 0 bridgehead atoms. The molecule has 1 saturated carbocycles. The molecule has 0 aliphatic heterocycles. The van der Waals surface area contributed by atoms with Crippen molar-refractivity contribution in [2.75, 3.05) is 10.6 Å². The average Bonchev–Trinajstić information content (AvgIpc) is 2.72. The lowest BCUT2D eigenvalue weighted by atomic mass is 9.83. The van der Waals surface area contributed by atoms with E-state index >= 15 is 0 Å². The number of nitrogens with one attached hydrogen (secondary N) is 2. The van der Waals surface area contributed by atoms with E-state index in [2.05, 4.69) is 20.6 Å². The van der Waals surface area contributed by atoms with Crippen molar-refractivity contribution in [2.24, 2.45) is 5.92 Å². The first-order chi connectivity index (χ1) is 14.1. The van der Waals surface area contributed by atoms with Crippen LogP contribution in [0.25, 0.3) is 11.1 Å². The summed E-state index contributed by atoms with van der Waals surface area (Å²) in [5.41, 5.74) is 2.75. The Hall–Kier alpha value is -3.87. The van der Waals surface area contributed by atoms with Gasteiger partial charge in [0.05, 0.1) is 17.8 Å². The van der Waals surface area contributed by atoms with Gasteiger partial charge in [-0.3, -0.25) is 19.4 Å². The summed E-state index contributed by atoms with van der Waals surface area (Å²) in [6.07, 6.45) is 5.24. The Bertz CT molecular complexity index is 1070. The maximum Gasteiger partial charge on any atom is 0.255 e. The van der Waals surface area contributed by atoms with Gasteiger partial charge in [-0.05, 0) is 23.8 Å². The summed E-state index contributed by atoms with van der Waals surface area (Å²) < 4.78 is 0. The van der Waals surface area contributed by atoms with Crippen LogP contribution in [0.1, 0.15) is 23.2 Å². The van der Waals surface area contributed by atoms with E-state index in [9.17, 15) is 14.4 Å². The quantitative estimate of drug-likeness (QED) is 0.701. The second-order valence-corrected chi connectivity index (χ2v) is 6.80. The Balaban J connectivity index is 1.50. The summed E-state index contributed by atoms with van der Waals surface area (Å²) in [5.74, 6) is -0.556. The molecule has 1 aromatic carbocycles. The zero-order valence-corrected chi connectivity index (χ0v) is 15.5. The van der Waals surface area contributed by atoms with Crippen LogP contribution in [0.5, 0.6) is 0 Å². The van der Waals surface area contributed by atoms with E-state index in [0.29, 0.717) is 11.3 Å². The van der Waals surface area contributed by atoms with Gasteiger partial charge in [0.25, 0.3) is 5.91 Å². The van der Waals surface area contributed by atoms with Gasteiger partial charge in [0.2, 0.25) is 5.91 Å². The topological polar surface area (TPSA) is 101 Å². The molecule has 7 heteroatoms. The standard InChI is InChI=1S/C22H18N4O3/c27-17-10-16(11-17)22(29)26-20-12-15(6-9-24-20)21(28)25-19-13-23-8-7-18(19)14-4-2-1-3-5-14/h1-9,12-13,16H,10-11H2,(H,25,28)(H,24,26,29). The molecule has 144 valence electrons. The van der Waals surface area contributed by atoms with Gasteiger partial charge in [0, 0.05) is 36.4 Å². The number of amides is 2. The first-order valence-electron chi connectivity index (χ1n) is 9.19. The monoisotopic (exact) mass is 386 g/mol. The van der Waals surface area contributed by atoms with Gasteiger partial charge in [0.15, 0.2) is 0 Å². The van der Waals surface area contributed by atoms with Crippen LogP contribution in [-0.4, -0.2) is 27.6 Å². The molecule has 2 amide bonds. The van der Waals surface area contributed by atoms with E-state index in [-0.39, 0.29) is 42.2 Å². The molecule has 0 saturated heterocycles. The van der Waals surface area contributed by atoms with Gasteiger partial charge in [-0.15, -0.1) is 0 Å². The van der Waals surface area contributed by atoms with Crippen molar-refractivity contribution in [3.05, 3.63) is 72.7 Å². The van der Waals surface area contributed by atoms with E-state index < -0.39 is 0 Å². The normalized spacial score (nSPS) is 13.4. The molecule has 29 heavy (non-hydrogen) atoms. The van der Waals surface area contributed by atoms with Crippen LogP contribution in [0.15, 0.2) is 67.1 Å². The molecule has 1 aliphatic rings. The van der Waals surface area contributed by atoms with E-state index in [1.165, 1.54) is 12.3 Å². The number of hydrogen-bond acceptors (Lipinski definition) is 5. The predicted octanol–water partition coefficient (Wildman–Crippen LogP) is 3.31. The molecular weight excluding hydrogens is 368 g/mol. The summed E-state index contributed by atoms with van der Waals surface area (Å²) in [7, 11) is 0. The number of ketones is 1.